The molecule has 0 radical (unpaired) electrons. The summed E-state index contributed by atoms with van der Waals surface area (Å²) in [6.45, 7) is 0. The molecule has 2 aromatic carbocycles. The zero-order valence-electron chi connectivity index (χ0n) is 14.5. The quantitative estimate of drug-likeness (QED) is 0.335. The van der Waals surface area contributed by atoms with Gasteiger partial charge in [-0.15, -0.1) is 0 Å². The van der Waals surface area contributed by atoms with Crippen LogP contribution in [0.3, 0.4) is 0 Å². The number of carbonyl (C=O) groups is 1. The molecule has 0 bridgehead atoms. The van der Waals surface area contributed by atoms with Crippen molar-refractivity contribution >= 4 is 69.8 Å². The number of hydrogen-bond acceptors (Lipinski definition) is 3. The Morgan fingerprint density at radius 1 is 1.03 bits per heavy atom. The Morgan fingerprint density at radius 2 is 1.83 bits per heavy atom. The first-order valence-electron chi connectivity index (χ1n) is 8.12. The largest absolute Gasteiger partial charge is 0.457 e. The third-order valence-electron chi connectivity index (χ3n) is 3.64. The fourth-order valence-corrected chi connectivity index (χ4v) is 3.22. The van der Waals surface area contributed by atoms with Gasteiger partial charge in [-0.1, -0.05) is 34.8 Å². The minimum absolute atomic E-state index is 0.0374. The van der Waals surface area contributed by atoms with Gasteiger partial charge in [0, 0.05) is 22.3 Å². The van der Waals surface area contributed by atoms with Crippen molar-refractivity contribution in [1.29, 1.82) is 0 Å². The van der Waals surface area contributed by atoms with Crippen LogP contribution in [0.4, 0.5) is 10.1 Å². The summed E-state index contributed by atoms with van der Waals surface area (Å²) in [6.07, 6.45) is 2.75. The molecule has 9 heteroatoms. The summed E-state index contributed by atoms with van der Waals surface area (Å²) >= 11 is 22.8. The van der Waals surface area contributed by atoms with Gasteiger partial charge in [-0.3, -0.25) is 10.1 Å². The maximum atomic E-state index is 13.2. The number of hydrogen-bond donors (Lipinski definition) is 2. The highest BCUT2D eigenvalue weighted by atomic mass is 35.5. The van der Waals surface area contributed by atoms with E-state index in [9.17, 15) is 9.18 Å². The van der Waals surface area contributed by atoms with Gasteiger partial charge >= 0.3 is 0 Å². The second-order valence-electron chi connectivity index (χ2n) is 5.73. The Labute approximate surface area is 186 Å². The molecule has 4 nitrogen and oxygen atoms in total. The number of thiocarbonyl (C=S) groups is 1. The topological polar surface area (TPSA) is 54.3 Å². The average Bonchev–Trinajstić information content (AvgIpc) is 3.11. The highest BCUT2D eigenvalue weighted by molar-refractivity contribution is 7.80. The molecule has 0 saturated carbocycles. The Morgan fingerprint density at radius 3 is 2.55 bits per heavy atom. The first-order chi connectivity index (χ1) is 13.8. The maximum Gasteiger partial charge on any atom is 0.250 e. The highest BCUT2D eigenvalue weighted by Gasteiger charge is 2.09. The Balaban J connectivity index is 1.59. The molecule has 29 heavy (non-hydrogen) atoms. The molecule has 0 aliphatic heterocycles. The number of amides is 1. The molecule has 1 heterocycles. The van der Waals surface area contributed by atoms with E-state index >= 15 is 0 Å². The van der Waals surface area contributed by atoms with Crippen molar-refractivity contribution in [3.05, 3.63) is 81.3 Å². The van der Waals surface area contributed by atoms with Crippen molar-refractivity contribution in [2.45, 2.75) is 0 Å². The third-order valence-corrected chi connectivity index (χ3v) is 4.68. The van der Waals surface area contributed by atoms with Gasteiger partial charge in [-0.05, 0) is 66.8 Å². The van der Waals surface area contributed by atoms with Crippen LogP contribution in [0.5, 0.6) is 0 Å². The zero-order chi connectivity index (χ0) is 21.0. The molecule has 0 atom stereocenters. The summed E-state index contributed by atoms with van der Waals surface area (Å²) in [5.74, 6) is -0.0338. The van der Waals surface area contributed by atoms with Crippen LogP contribution in [0, 0.1) is 5.82 Å². The number of carbonyl (C=O) groups excluding carboxylic acids is 1. The van der Waals surface area contributed by atoms with E-state index in [2.05, 4.69) is 10.6 Å². The lowest BCUT2D eigenvalue weighted by Gasteiger charge is -2.08. The van der Waals surface area contributed by atoms with Crippen molar-refractivity contribution in [2.75, 3.05) is 5.32 Å². The molecule has 2 N–H and O–H groups in total. The standard InChI is InChI=1S/C20H12Cl3FN2O2S/c21-11-1-5-14(15(22)9-11)18-7-3-13(28-18)4-8-19(27)26-20(29)25-12-2-6-17(24)16(23)10-12/h1-10H,(H2,25,26,27,29)/b8-4+. The molecule has 1 aromatic heterocycles. The van der Waals surface area contributed by atoms with Crippen LogP contribution in [0.15, 0.2) is 59.0 Å². The molecule has 0 unspecified atom stereocenters. The van der Waals surface area contributed by atoms with Crippen molar-refractivity contribution in [1.82, 2.24) is 5.32 Å². The monoisotopic (exact) mass is 468 g/mol. The van der Waals surface area contributed by atoms with E-state index in [1.165, 1.54) is 30.4 Å². The lowest BCUT2D eigenvalue weighted by atomic mass is 10.2. The molecule has 148 valence electrons. The molecule has 3 rings (SSSR count). The normalized spacial score (nSPS) is 10.9. The fourth-order valence-electron chi connectivity index (χ4n) is 2.32. The van der Waals surface area contributed by atoms with Crippen molar-refractivity contribution in [3.63, 3.8) is 0 Å². The van der Waals surface area contributed by atoms with Crippen LogP contribution in [0.1, 0.15) is 5.76 Å². The Bertz CT molecular complexity index is 1110. The number of benzene rings is 2. The Kier molecular flexibility index (Phi) is 6.92. The van der Waals surface area contributed by atoms with Crippen LogP contribution < -0.4 is 10.6 Å². The van der Waals surface area contributed by atoms with Gasteiger partial charge in [-0.25, -0.2) is 4.39 Å². The average molecular weight is 470 g/mol. The van der Waals surface area contributed by atoms with E-state index < -0.39 is 11.7 Å². The smallest absolute Gasteiger partial charge is 0.250 e. The molecule has 0 fully saturated rings. The first-order valence-corrected chi connectivity index (χ1v) is 9.66. The summed E-state index contributed by atoms with van der Waals surface area (Å²) in [4.78, 5) is 12.0. The first kappa shape index (κ1) is 21.3. The summed E-state index contributed by atoms with van der Waals surface area (Å²) < 4.78 is 18.8. The van der Waals surface area contributed by atoms with Gasteiger partial charge in [-0.2, -0.15) is 0 Å². The minimum Gasteiger partial charge on any atom is -0.457 e. The van der Waals surface area contributed by atoms with Crippen molar-refractivity contribution < 1.29 is 13.6 Å². The van der Waals surface area contributed by atoms with Gasteiger partial charge in [0.05, 0.1) is 10.0 Å². The van der Waals surface area contributed by atoms with E-state index in [1.807, 2.05) is 0 Å². The van der Waals surface area contributed by atoms with Gasteiger partial charge in [0.2, 0.25) is 5.91 Å². The molecule has 3 aromatic rings. The minimum atomic E-state index is -0.548. The van der Waals surface area contributed by atoms with E-state index in [1.54, 1.807) is 30.3 Å². The molecule has 0 spiro atoms. The summed E-state index contributed by atoms with van der Waals surface area (Å²) in [7, 11) is 0. The van der Waals surface area contributed by atoms with Gasteiger partial charge in [0.15, 0.2) is 5.11 Å². The van der Waals surface area contributed by atoms with Gasteiger partial charge in [0.1, 0.15) is 17.3 Å². The van der Waals surface area contributed by atoms with Crippen molar-refractivity contribution in [3.8, 4) is 11.3 Å². The summed E-state index contributed by atoms with van der Waals surface area (Å²) in [5.41, 5.74) is 1.13. The third kappa shape index (κ3) is 5.81. The van der Waals surface area contributed by atoms with Crippen LogP contribution in [-0.2, 0) is 4.79 Å². The van der Waals surface area contributed by atoms with E-state index in [0.29, 0.717) is 32.8 Å². The summed E-state index contributed by atoms with van der Waals surface area (Å²) in [5, 5.41) is 6.17. The van der Waals surface area contributed by atoms with Crippen LogP contribution in [-0.4, -0.2) is 11.0 Å². The molecule has 1 amide bonds. The molecule has 0 saturated heterocycles. The lowest BCUT2D eigenvalue weighted by molar-refractivity contribution is -0.115. The molecular formula is C20H12Cl3FN2O2S. The molecule has 0 aliphatic rings. The second-order valence-corrected chi connectivity index (χ2v) is 7.39. The number of anilines is 1. The van der Waals surface area contributed by atoms with Crippen LogP contribution >= 0.6 is 47.0 Å². The lowest BCUT2D eigenvalue weighted by Crippen LogP contribution is -2.32. The number of furan rings is 1. The highest BCUT2D eigenvalue weighted by Crippen LogP contribution is 2.31. The zero-order valence-corrected chi connectivity index (χ0v) is 17.6. The predicted molar refractivity (Wildman–Crippen MR) is 119 cm³/mol. The number of rotatable bonds is 4. The van der Waals surface area contributed by atoms with Crippen LogP contribution in [0.2, 0.25) is 15.1 Å². The molecule has 0 aliphatic carbocycles. The van der Waals surface area contributed by atoms with Gasteiger partial charge < -0.3 is 9.73 Å². The summed E-state index contributed by atoms with van der Waals surface area (Å²) in [6, 6.07) is 12.5. The van der Waals surface area contributed by atoms with Crippen LogP contribution in [0.25, 0.3) is 17.4 Å². The van der Waals surface area contributed by atoms with Crippen molar-refractivity contribution in [2.24, 2.45) is 0 Å². The van der Waals surface area contributed by atoms with E-state index in [0.717, 1.165) is 0 Å². The van der Waals surface area contributed by atoms with Gasteiger partial charge in [0.25, 0.3) is 0 Å². The maximum absolute atomic E-state index is 13.2. The number of nitrogens with one attached hydrogen (secondary N) is 2. The Hall–Kier alpha value is -2.38. The SMILES string of the molecule is O=C(/C=C/c1ccc(-c2ccc(Cl)cc2Cl)o1)NC(=S)Nc1ccc(F)c(Cl)c1. The fraction of sp³-hybridized carbons (Fsp3) is 0. The molecular weight excluding hydrogens is 458 g/mol. The number of halogens is 4. The second kappa shape index (κ2) is 9.41. The predicted octanol–water partition coefficient (Wildman–Crippen LogP) is 6.57. The van der Waals surface area contributed by atoms with E-state index in [-0.39, 0.29) is 10.1 Å². The van der Waals surface area contributed by atoms with E-state index in [4.69, 9.17) is 51.4 Å².